The fourth-order valence-electron chi connectivity index (χ4n) is 1.79. The minimum atomic E-state index is 0.538. The third-order valence-electron chi connectivity index (χ3n) is 2.63. The zero-order valence-corrected chi connectivity index (χ0v) is 9.28. The molecule has 0 aliphatic heterocycles. The number of anilines is 2. The van der Waals surface area contributed by atoms with Crippen LogP contribution in [0.1, 0.15) is 0 Å². The molecule has 0 atom stereocenters. The highest BCUT2D eigenvalue weighted by Gasteiger charge is 2.10. The van der Waals surface area contributed by atoms with E-state index >= 15 is 0 Å². The summed E-state index contributed by atoms with van der Waals surface area (Å²) in [6.45, 7) is 0. The summed E-state index contributed by atoms with van der Waals surface area (Å²) in [5.74, 6) is 1.24. The molecule has 0 unspecified atom stereocenters. The van der Waals surface area contributed by atoms with Crippen molar-refractivity contribution in [2.24, 2.45) is 0 Å². The summed E-state index contributed by atoms with van der Waals surface area (Å²) in [5.41, 5.74) is 13.1. The van der Waals surface area contributed by atoms with Crippen LogP contribution in [-0.2, 0) is 0 Å². The molecule has 0 aromatic heterocycles. The van der Waals surface area contributed by atoms with Crippen LogP contribution < -0.4 is 20.9 Å². The number of nitrogen functional groups attached to an aromatic ring is 2. The van der Waals surface area contributed by atoms with Gasteiger partial charge in [-0.1, -0.05) is 12.1 Å². The van der Waals surface area contributed by atoms with Crippen molar-refractivity contribution in [3.63, 3.8) is 0 Å². The number of methoxy groups -OCH3 is 2. The smallest absolute Gasteiger partial charge is 0.142 e. The lowest BCUT2D eigenvalue weighted by molar-refractivity contribution is 0.416. The molecule has 0 amide bonds. The highest BCUT2D eigenvalue weighted by atomic mass is 16.5. The Kier molecular flexibility index (Phi) is 2.48. The molecule has 16 heavy (non-hydrogen) atoms. The maximum atomic E-state index is 5.99. The molecule has 0 aliphatic rings. The number of nitrogens with two attached hydrogens (primary N) is 2. The molecular weight excluding hydrogens is 204 g/mol. The Labute approximate surface area is 93.7 Å². The maximum Gasteiger partial charge on any atom is 0.142 e. The van der Waals surface area contributed by atoms with Crippen molar-refractivity contribution in [1.29, 1.82) is 0 Å². The molecule has 2 rings (SSSR count). The van der Waals surface area contributed by atoms with E-state index in [0.29, 0.717) is 22.9 Å². The molecule has 0 saturated carbocycles. The van der Waals surface area contributed by atoms with Crippen LogP contribution in [0.15, 0.2) is 24.3 Å². The lowest BCUT2D eigenvalue weighted by Crippen LogP contribution is -1.98. The molecular formula is C12H14N2O2. The van der Waals surface area contributed by atoms with Crippen LogP contribution in [0.2, 0.25) is 0 Å². The summed E-state index contributed by atoms with van der Waals surface area (Å²) >= 11 is 0. The predicted octanol–water partition coefficient (Wildman–Crippen LogP) is 2.02. The zero-order chi connectivity index (χ0) is 11.7. The van der Waals surface area contributed by atoms with Gasteiger partial charge in [0.05, 0.1) is 25.6 Å². The van der Waals surface area contributed by atoms with Crippen molar-refractivity contribution in [2.45, 2.75) is 0 Å². The largest absolute Gasteiger partial charge is 0.495 e. The van der Waals surface area contributed by atoms with Gasteiger partial charge in [-0.25, -0.2) is 0 Å². The lowest BCUT2D eigenvalue weighted by atomic mass is 10.1. The Morgan fingerprint density at radius 3 is 1.62 bits per heavy atom. The fraction of sp³-hybridized carbons (Fsp3) is 0.167. The molecule has 2 aromatic rings. The summed E-state index contributed by atoms with van der Waals surface area (Å²) in [4.78, 5) is 0. The molecule has 0 aliphatic carbocycles. The monoisotopic (exact) mass is 218 g/mol. The fourth-order valence-corrected chi connectivity index (χ4v) is 1.79. The molecule has 0 heterocycles. The van der Waals surface area contributed by atoms with Crippen molar-refractivity contribution >= 4 is 22.1 Å². The van der Waals surface area contributed by atoms with Gasteiger partial charge in [-0.3, -0.25) is 0 Å². The summed E-state index contributed by atoms with van der Waals surface area (Å²) in [5, 5.41) is 1.75. The number of ether oxygens (including phenoxy) is 2. The number of hydrogen-bond donors (Lipinski definition) is 2. The van der Waals surface area contributed by atoms with Gasteiger partial charge in [-0.15, -0.1) is 0 Å². The van der Waals surface area contributed by atoms with Crippen molar-refractivity contribution in [3.8, 4) is 11.5 Å². The van der Waals surface area contributed by atoms with Crippen LogP contribution in [-0.4, -0.2) is 14.2 Å². The van der Waals surface area contributed by atoms with Gasteiger partial charge in [0.15, 0.2) is 0 Å². The molecule has 0 spiro atoms. The summed E-state index contributed by atoms with van der Waals surface area (Å²) in [6.07, 6.45) is 0. The number of benzene rings is 2. The number of fused-ring (bicyclic) bond motifs is 1. The normalized spacial score (nSPS) is 10.4. The second-order valence-corrected chi connectivity index (χ2v) is 3.46. The lowest BCUT2D eigenvalue weighted by Gasteiger charge is -2.12. The SMILES string of the molecule is COc1ccc2ccc(OC)c(N)c2c1N. The second kappa shape index (κ2) is 3.81. The minimum absolute atomic E-state index is 0.538. The third-order valence-corrected chi connectivity index (χ3v) is 2.63. The van der Waals surface area contributed by atoms with Gasteiger partial charge >= 0.3 is 0 Å². The van der Waals surface area contributed by atoms with Gasteiger partial charge in [0, 0.05) is 5.39 Å². The standard InChI is InChI=1S/C12H14N2O2/c1-15-8-5-3-7-4-6-9(16-2)12(14)10(7)11(8)13/h3-6H,13-14H2,1-2H3. The molecule has 0 radical (unpaired) electrons. The van der Waals surface area contributed by atoms with Crippen LogP contribution in [0.3, 0.4) is 0 Å². The Bertz CT molecular complexity index is 493. The van der Waals surface area contributed by atoms with Crippen molar-refractivity contribution in [2.75, 3.05) is 25.7 Å². The molecule has 0 fully saturated rings. The van der Waals surface area contributed by atoms with E-state index in [1.54, 1.807) is 14.2 Å². The van der Waals surface area contributed by atoms with Crippen molar-refractivity contribution in [3.05, 3.63) is 24.3 Å². The van der Waals surface area contributed by atoms with Gasteiger partial charge in [0.1, 0.15) is 11.5 Å². The Morgan fingerprint density at radius 2 is 1.25 bits per heavy atom. The van der Waals surface area contributed by atoms with Crippen LogP contribution in [0.25, 0.3) is 10.8 Å². The first kappa shape index (κ1) is 10.4. The summed E-state index contributed by atoms with van der Waals surface area (Å²) in [6, 6.07) is 7.48. The predicted molar refractivity (Wildman–Crippen MR) is 65.9 cm³/mol. The van der Waals surface area contributed by atoms with Crippen molar-refractivity contribution < 1.29 is 9.47 Å². The first-order valence-electron chi connectivity index (χ1n) is 4.87. The first-order chi connectivity index (χ1) is 7.69. The number of rotatable bonds is 2. The minimum Gasteiger partial charge on any atom is -0.495 e. The Morgan fingerprint density at radius 1 is 0.812 bits per heavy atom. The molecule has 4 nitrogen and oxygen atoms in total. The van der Waals surface area contributed by atoms with Crippen molar-refractivity contribution in [1.82, 2.24) is 0 Å². The summed E-state index contributed by atoms with van der Waals surface area (Å²) in [7, 11) is 3.15. The van der Waals surface area contributed by atoms with E-state index in [9.17, 15) is 0 Å². The van der Waals surface area contributed by atoms with Gasteiger partial charge < -0.3 is 20.9 Å². The van der Waals surface area contributed by atoms with E-state index in [4.69, 9.17) is 20.9 Å². The van der Waals surface area contributed by atoms with E-state index in [1.165, 1.54) is 0 Å². The number of hydrogen-bond acceptors (Lipinski definition) is 4. The summed E-state index contributed by atoms with van der Waals surface area (Å²) < 4.78 is 10.3. The van der Waals surface area contributed by atoms with E-state index < -0.39 is 0 Å². The van der Waals surface area contributed by atoms with Crippen LogP contribution in [0, 0.1) is 0 Å². The molecule has 84 valence electrons. The molecule has 2 aromatic carbocycles. The average molecular weight is 218 g/mol. The first-order valence-corrected chi connectivity index (χ1v) is 4.87. The van der Waals surface area contributed by atoms with Gasteiger partial charge in [0.2, 0.25) is 0 Å². The highest BCUT2D eigenvalue weighted by molar-refractivity contribution is 6.05. The van der Waals surface area contributed by atoms with Gasteiger partial charge in [-0.2, -0.15) is 0 Å². The molecule has 0 saturated heterocycles. The highest BCUT2D eigenvalue weighted by Crippen LogP contribution is 2.38. The maximum absolute atomic E-state index is 5.99. The van der Waals surface area contributed by atoms with Crippen LogP contribution in [0.5, 0.6) is 11.5 Å². The average Bonchev–Trinajstić information content (AvgIpc) is 2.30. The zero-order valence-electron chi connectivity index (χ0n) is 9.28. The van der Waals surface area contributed by atoms with Crippen LogP contribution in [0.4, 0.5) is 11.4 Å². The molecule has 0 bridgehead atoms. The Hall–Kier alpha value is -2.10. The van der Waals surface area contributed by atoms with E-state index in [-0.39, 0.29) is 0 Å². The third kappa shape index (κ3) is 1.39. The van der Waals surface area contributed by atoms with Crippen LogP contribution >= 0.6 is 0 Å². The quantitative estimate of drug-likeness (QED) is 0.756. The Balaban J connectivity index is 2.83. The molecule has 4 heteroatoms. The topological polar surface area (TPSA) is 70.5 Å². The van der Waals surface area contributed by atoms with Gasteiger partial charge in [-0.05, 0) is 17.5 Å². The van der Waals surface area contributed by atoms with E-state index in [1.807, 2.05) is 24.3 Å². The molecule has 4 N–H and O–H groups in total. The second-order valence-electron chi connectivity index (χ2n) is 3.46. The van der Waals surface area contributed by atoms with E-state index in [0.717, 1.165) is 10.8 Å². The van der Waals surface area contributed by atoms with Gasteiger partial charge in [0.25, 0.3) is 0 Å². The van der Waals surface area contributed by atoms with E-state index in [2.05, 4.69) is 0 Å².